The maximum absolute atomic E-state index is 12.8. The lowest BCUT2D eigenvalue weighted by Gasteiger charge is -2.17. The van der Waals surface area contributed by atoms with Crippen molar-refractivity contribution in [1.29, 1.82) is 0 Å². The molecule has 2 heterocycles. The summed E-state index contributed by atoms with van der Waals surface area (Å²) < 4.78 is 1.65. The molecule has 25 heavy (non-hydrogen) atoms. The Balaban J connectivity index is 1.81. The van der Waals surface area contributed by atoms with E-state index in [1.165, 1.54) is 0 Å². The van der Waals surface area contributed by atoms with Crippen molar-refractivity contribution in [2.75, 3.05) is 7.05 Å². The van der Waals surface area contributed by atoms with Crippen molar-refractivity contribution in [2.24, 2.45) is 0 Å². The quantitative estimate of drug-likeness (QED) is 0.688. The summed E-state index contributed by atoms with van der Waals surface area (Å²) in [4.78, 5) is 18.6. The zero-order valence-electron chi connectivity index (χ0n) is 13.8. The van der Waals surface area contributed by atoms with Crippen molar-refractivity contribution >= 4 is 29.1 Å². The predicted octanol–water partition coefficient (Wildman–Crippen LogP) is 4.15. The van der Waals surface area contributed by atoms with Crippen molar-refractivity contribution in [3.8, 4) is 5.82 Å². The Hall–Kier alpha value is -2.37. The van der Waals surface area contributed by atoms with Gasteiger partial charge in [0.25, 0.3) is 5.91 Å². The molecule has 0 radical (unpaired) electrons. The van der Waals surface area contributed by atoms with Crippen LogP contribution in [0.4, 0.5) is 0 Å². The highest BCUT2D eigenvalue weighted by Crippen LogP contribution is 2.23. The molecule has 5 nitrogen and oxygen atoms in total. The minimum Gasteiger partial charge on any atom is -0.337 e. The van der Waals surface area contributed by atoms with E-state index in [1.54, 1.807) is 41.2 Å². The van der Waals surface area contributed by atoms with Crippen molar-refractivity contribution in [3.63, 3.8) is 0 Å². The molecule has 128 valence electrons. The smallest absolute Gasteiger partial charge is 0.257 e. The minimum absolute atomic E-state index is 0.120. The second-order valence-electron chi connectivity index (χ2n) is 5.65. The van der Waals surface area contributed by atoms with Crippen LogP contribution in [0.3, 0.4) is 0 Å². The molecule has 0 unspecified atom stereocenters. The van der Waals surface area contributed by atoms with E-state index < -0.39 is 0 Å². The first-order valence-corrected chi connectivity index (χ1v) is 8.38. The van der Waals surface area contributed by atoms with E-state index in [2.05, 4.69) is 10.1 Å². The van der Waals surface area contributed by atoms with E-state index >= 15 is 0 Å². The van der Waals surface area contributed by atoms with Crippen LogP contribution in [0, 0.1) is 6.92 Å². The van der Waals surface area contributed by atoms with E-state index in [0.29, 0.717) is 28.0 Å². The Morgan fingerprint density at radius 1 is 1.20 bits per heavy atom. The number of nitrogens with zero attached hydrogens (tertiary/aromatic N) is 4. The summed E-state index contributed by atoms with van der Waals surface area (Å²) >= 11 is 12.0. The zero-order valence-corrected chi connectivity index (χ0v) is 15.3. The van der Waals surface area contributed by atoms with Gasteiger partial charge in [0, 0.05) is 19.8 Å². The molecular formula is C18H16Cl2N4O. The van der Waals surface area contributed by atoms with E-state index in [0.717, 1.165) is 11.3 Å². The molecule has 0 spiro atoms. The number of halogens is 2. The fourth-order valence-corrected chi connectivity index (χ4v) is 2.84. The molecule has 0 atom stereocenters. The molecule has 1 aromatic carbocycles. The molecule has 1 amide bonds. The predicted molar refractivity (Wildman–Crippen MR) is 98.4 cm³/mol. The van der Waals surface area contributed by atoms with Crippen LogP contribution in [-0.4, -0.2) is 32.6 Å². The molecule has 3 rings (SSSR count). The van der Waals surface area contributed by atoms with Crippen LogP contribution in [0.25, 0.3) is 5.82 Å². The van der Waals surface area contributed by atoms with Crippen molar-refractivity contribution < 1.29 is 4.79 Å². The largest absolute Gasteiger partial charge is 0.337 e. The lowest BCUT2D eigenvalue weighted by atomic mass is 10.2. The van der Waals surface area contributed by atoms with E-state index in [4.69, 9.17) is 23.2 Å². The highest BCUT2D eigenvalue weighted by Gasteiger charge is 2.19. The molecule has 0 aliphatic carbocycles. The topological polar surface area (TPSA) is 51.0 Å². The summed E-state index contributed by atoms with van der Waals surface area (Å²) in [5.74, 6) is 0.553. The molecule has 0 saturated heterocycles. The Bertz CT molecular complexity index is 909. The highest BCUT2D eigenvalue weighted by molar-refractivity contribution is 6.42. The van der Waals surface area contributed by atoms with Crippen LogP contribution in [0.2, 0.25) is 10.0 Å². The summed E-state index contributed by atoms with van der Waals surface area (Å²) in [6.45, 7) is 2.27. The number of aromatic nitrogens is 3. The van der Waals surface area contributed by atoms with Gasteiger partial charge in [-0.2, -0.15) is 5.10 Å². The van der Waals surface area contributed by atoms with Crippen LogP contribution >= 0.6 is 23.2 Å². The van der Waals surface area contributed by atoms with Gasteiger partial charge in [-0.15, -0.1) is 0 Å². The van der Waals surface area contributed by atoms with Gasteiger partial charge >= 0.3 is 0 Å². The second kappa shape index (κ2) is 7.25. The van der Waals surface area contributed by atoms with Gasteiger partial charge in [0.1, 0.15) is 0 Å². The third kappa shape index (κ3) is 3.67. The third-order valence-electron chi connectivity index (χ3n) is 3.86. The normalized spacial score (nSPS) is 10.7. The SMILES string of the molecule is Cc1c(C(=O)N(C)Cc2ccc(Cl)c(Cl)c2)cnn1-c1ccccn1. The van der Waals surface area contributed by atoms with Gasteiger partial charge in [0.05, 0.1) is 27.5 Å². The fraction of sp³-hybridized carbons (Fsp3) is 0.167. The minimum atomic E-state index is -0.120. The Labute approximate surface area is 155 Å². The van der Waals surface area contributed by atoms with Gasteiger partial charge in [-0.25, -0.2) is 9.67 Å². The summed E-state index contributed by atoms with van der Waals surface area (Å²) in [5, 5.41) is 5.25. The Kier molecular flexibility index (Phi) is 5.06. The van der Waals surface area contributed by atoms with Crippen LogP contribution in [0.5, 0.6) is 0 Å². The summed E-state index contributed by atoms with van der Waals surface area (Å²) in [5.41, 5.74) is 2.18. The second-order valence-corrected chi connectivity index (χ2v) is 6.47. The monoisotopic (exact) mass is 374 g/mol. The average Bonchev–Trinajstić information content (AvgIpc) is 2.99. The molecule has 0 fully saturated rings. The van der Waals surface area contributed by atoms with Gasteiger partial charge < -0.3 is 4.90 Å². The lowest BCUT2D eigenvalue weighted by Crippen LogP contribution is -2.26. The first kappa shape index (κ1) is 17.5. The zero-order chi connectivity index (χ0) is 18.0. The maximum Gasteiger partial charge on any atom is 0.257 e. The molecular weight excluding hydrogens is 359 g/mol. The van der Waals surface area contributed by atoms with E-state index in [1.807, 2.05) is 31.2 Å². The lowest BCUT2D eigenvalue weighted by molar-refractivity contribution is 0.0784. The number of pyridine rings is 1. The summed E-state index contributed by atoms with van der Waals surface area (Å²) in [7, 11) is 1.74. The number of carbonyl (C=O) groups is 1. The van der Waals surface area contributed by atoms with Crippen LogP contribution in [-0.2, 0) is 6.54 Å². The van der Waals surface area contributed by atoms with Crippen molar-refractivity contribution in [2.45, 2.75) is 13.5 Å². The van der Waals surface area contributed by atoms with Crippen molar-refractivity contribution in [3.05, 3.63) is 75.7 Å². The fourth-order valence-electron chi connectivity index (χ4n) is 2.52. The van der Waals surface area contributed by atoms with Gasteiger partial charge in [-0.05, 0) is 36.8 Å². The molecule has 0 saturated carbocycles. The molecule has 0 N–H and O–H groups in total. The average molecular weight is 375 g/mol. The standard InChI is InChI=1S/C18H16Cl2N4O/c1-12-14(10-22-24(12)17-5-3-4-8-21-17)18(25)23(2)11-13-6-7-15(19)16(20)9-13/h3-10H,11H2,1-2H3. The first-order chi connectivity index (χ1) is 12.0. The molecule has 0 aliphatic heterocycles. The van der Waals surface area contributed by atoms with E-state index in [-0.39, 0.29) is 5.91 Å². The molecule has 7 heteroatoms. The van der Waals surface area contributed by atoms with Gasteiger partial charge in [-0.1, -0.05) is 35.3 Å². The Morgan fingerprint density at radius 3 is 2.68 bits per heavy atom. The van der Waals surface area contributed by atoms with E-state index in [9.17, 15) is 4.79 Å². The number of benzene rings is 1. The van der Waals surface area contributed by atoms with Crippen LogP contribution in [0.15, 0.2) is 48.8 Å². The van der Waals surface area contributed by atoms with Crippen LogP contribution in [0.1, 0.15) is 21.6 Å². The highest BCUT2D eigenvalue weighted by atomic mass is 35.5. The van der Waals surface area contributed by atoms with Crippen molar-refractivity contribution in [1.82, 2.24) is 19.7 Å². The number of carbonyl (C=O) groups excluding carboxylic acids is 1. The maximum atomic E-state index is 12.8. The number of hydrogen-bond donors (Lipinski definition) is 0. The summed E-state index contributed by atoms with van der Waals surface area (Å²) in [6, 6.07) is 10.9. The molecule has 3 aromatic rings. The first-order valence-electron chi connectivity index (χ1n) is 7.63. The molecule has 0 aliphatic rings. The molecule has 0 bridgehead atoms. The number of rotatable bonds is 4. The molecule has 2 aromatic heterocycles. The van der Waals surface area contributed by atoms with Crippen LogP contribution < -0.4 is 0 Å². The van der Waals surface area contributed by atoms with Gasteiger partial charge in [0.2, 0.25) is 0 Å². The number of hydrogen-bond acceptors (Lipinski definition) is 3. The third-order valence-corrected chi connectivity index (χ3v) is 4.60. The number of amides is 1. The van der Waals surface area contributed by atoms with Gasteiger partial charge in [-0.3, -0.25) is 4.79 Å². The Morgan fingerprint density at radius 2 is 2.00 bits per heavy atom. The van der Waals surface area contributed by atoms with Gasteiger partial charge in [0.15, 0.2) is 5.82 Å². The summed E-state index contributed by atoms with van der Waals surface area (Å²) in [6.07, 6.45) is 3.26.